The molecule has 0 bridgehead atoms. The summed E-state index contributed by atoms with van der Waals surface area (Å²) in [6.45, 7) is 0. The van der Waals surface area contributed by atoms with Gasteiger partial charge in [0.15, 0.2) is 5.82 Å². The zero-order valence-corrected chi connectivity index (χ0v) is 9.87. The monoisotopic (exact) mass is 247 g/mol. The van der Waals surface area contributed by atoms with Crippen LogP contribution in [0.3, 0.4) is 0 Å². The van der Waals surface area contributed by atoms with Gasteiger partial charge < -0.3 is 15.0 Å². The normalized spacial score (nSPS) is 12.1. The van der Waals surface area contributed by atoms with Crippen LogP contribution in [0, 0.1) is 0 Å². The highest BCUT2D eigenvalue weighted by molar-refractivity contribution is 5.75. The van der Waals surface area contributed by atoms with Crippen molar-refractivity contribution in [3.05, 3.63) is 36.2 Å². The Morgan fingerprint density at radius 1 is 1.44 bits per heavy atom. The van der Waals surface area contributed by atoms with E-state index in [1.165, 1.54) is 7.11 Å². The summed E-state index contributed by atoms with van der Waals surface area (Å²) in [4.78, 5) is 15.3. The smallest absolute Gasteiger partial charge is 0.323 e. The highest BCUT2D eigenvalue weighted by Crippen LogP contribution is 2.16. The van der Waals surface area contributed by atoms with Crippen molar-refractivity contribution >= 4 is 5.97 Å². The number of hydrogen-bond donors (Lipinski definition) is 1. The van der Waals surface area contributed by atoms with Gasteiger partial charge >= 0.3 is 5.97 Å². The van der Waals surface area contributed by atoms with E-state index in [4.69, 9.17) is 10.3 Å². The van der Waals surface area contributed by atoms with Gasteiger partial charge in [0.2, 0.25) is 0 Å². The molecular weight excluding hydrogens is 234 g/mol. The summed E-state index contributed by atoms with van der Waals surface area (Å²) in [6.07, 6.45) is 0.184. The van der Waals surface area contributed by atoms with Gasteiger partial charge in [-0.1, -0.05) is 23.4 Å². The van der Waals surface area contributed by atoms with Crippen LogP contribution in [0.5, 0.6) is 0 Å². The van der Waals surface area contributed by atoms with Gasteiger partial charge in [-0.15, -0.1) is 0 Å². The van der Waals surface area contributed by atoms with E-state index in [-0.39, 0.29) is 6.42 Å². The molecule has 2 aromatic rings. The Balaban J connectivity index is 2.09. The van der Waals surface area contributed by atoms with Crippen molar-refractivity contribution in [2.75, 3.05) is 7.11 Å². The van der Waals surface area contributed by atoms with E-state index < -0.39 is 12.0 Å². The molecule has 0 radical (unpaired) electrons. The predicted octanol–water partition coefficient (Wildman–Crippen LogP) is 0.779. The van der Waals surface area contributed by atoms with Gasteiger partial charge in [0.1, 0.15) is 6.04 Å². The van der Waals surface area contributed by atoms with Crippen LogP contribution in [0.25, 0.3) is 11.5 Å². The van der Waals surface area contributed by atoms with Crippen LogP contribution in [0.15, 0.2) is 34.9 Å². The molecule has 0 amide bonds. The summed E-state index contributed by atoms with van der Waals surface area (Å²) in [7, 11) is 1.29. The fourth-order valence-electron chi connectivity index (χ4n) is 1.47. The Kier molecular flexibility index (Phi) is 3.69. The minimum absolute atomic E-state index is 0.184. The van der Waals surface area contributed by atoms with Crippen LogP contribution in [0.4, 0.5) is 0 Å². The standard InChI is InChI=1S/C12H13N3O3/c1-17-12(16)9(13)7-10-14-11(18-15-10)8-5-3-2-4-6-8/h2-6,9H,7,13H2,1H3. The highest BCUT2D eigenvalue weighted by atomic mass is 16.5. The van der Waals surface area contributed by atoms with Crippen molar-refractivity contribution < 1.29 is 14.1 Å². The maximum absolute atomic E-state index is 11.2. The van der Waals surface area contributed by atoms with Crippen molar-refractivity contribution in [2.45, 2.75) is 12.5 Å². The lowest BCUT2D eigenvalue weighted by atomic mass is 10.2. The second kappa shape index (κ2) is 5.42. The molecule has 2 N–H and O–H groups in total. The summed E-state index contributed by atoms with van der Waals surface area (Å²) in [5.41, 5.74) is 6.43. The predicted molar refractivity (Wildman–Crippen MR) is 63.4 cm³/mol. The molecular formula is C12H13N3O3. The van der Waals surface area contributed by atoms with Crippen molar-refractivity contribution in [3.8, 4) is 11.5 Å². The summed E-state index contributed by atoms with van der Waals surface area (Å²) in [6, 6.07) is 8.58. The number of carbonyl (C=O) groups excluding carboxylic acids is 1. The molecule has 0 aliphatic carbocycles. The number of ether oxygens (including phenoxy) is 1. The van der Waals surface area contributed by atoms with Gasteiger partial charge in [-0.25, -0.2) is 0 Å². The SMILES string of the molecule is COC(=O)C(N)Cc1noc(-c2ccccc2)n1. The molecule has 1 aromatic carbocycles. The lowest BCUT2D eigenvalue weighted by molar-refractivity contribution is -0.142. The fraction of sp³-hybridized carbons (Fsp3) is 0.250. The van der Waals surface area contributed by atoms with Gasteiger partial charge in [-0.2, -0.15) is 4.98 Å². The molecule has 0 fully saturated rings. The summed E-state index contributed by atoms with van der Waals surface area (Å²) >= 11 is 0. The van der Waals surface area contributed by atoms with E-state index in [0.29, 0.717) is 11.7 Å². The van der Waals surface area contributed by atoms with Crippen molar-refractivity contribution in [2.24, 2.45) is 5.73 Å². The first-order chi connectivity index (χ1) is 8.70. The van der Waals surface area contributed by atoms with E-state index in [9.17, 15) is 4.79 Å². The molecule has 0 aliphatic rings. The molecule has 6 nitrogen and oxygen atoms in total. The largest absolute Gasteiger partial charge is 0.468 e. The lowest BCUT2D eigenvalue weighted by Crippen LogP contribution is -2.33. The topological polar surface area (TPSA) is 91.2 Å². The maximum Gasteiger partial charge on any atom is 0.323 e. The second-order valence-corrected chi connectivity index (χ2v) is 3.72. The first-order valence-electron chi connectivity index (χ1n) is 5.42. The number of nitrogens with zero attached hydrogens (tertiary/aromatic N) is 2. The summed E-state index contributed by atoms with van der Waals surface area (Å²) in [5.74, 6) is 0.287. The first-order valence-corrected chi connectivity index (χ1v) is 5.42. The molecule has 94 valence electrons. The number of esters is 1. The molecule has 18 heavy (non-hydrogen) atoms. The van der Waals surface area contributed by atoms with Crippen molar-refractivity contribution in [1.82, 2.24) is 10.1 Å². The van der Waals surface area contributed by atoms with Gasteiger partial charge in [-0.05, 0) is 12.1 Å². The van der Waals surface area contributed by atoms with E-state index in [1.807, 2.05) is 30.3 Å². The van der Waals surface area contributed by atoms with Gasteiger partial charge in [0.25, 0.3) is 5.89 Å². The van der Waals surface area contributed by atoms with Gasteiger partial charge in [-0.3, -0.25) is 4.79 Å². The second-order valence-electron chi connectivity index (χ2n) is 3.72. The average molecular weight is 247 g/mol. The number of methoxy groups -OCH3 is 1. The zero-order chi connectivity index (χ0) is 13.0. The maximum atomic E-state index is 11.2. The molecule has 0 aliphatic heterocycles. The molecule has 1 heterocycles. The Labute approximate surface area is 104 Å². The Morgan fingerprint density at radius 3 is 2.83 bits per heavy atom. The Morgan fingerprint density at radius 2 is 2.17 bits per heavy atom. The Hall–Kier alpha value is -2.21. The third kappa shape index (κ3) is 2.72. The third-order valence-corrected chi connectivity index (χ3v) is 2.40. The molecule has 1 unspecified atom stereocenters. The van der Waals surface area contributed by atoms with Crippen LogP contribution in [-0.2, 0) is 16.0 Å². The average Bonchev–Trinajstić information content (AvgIpc) is 2.87. The lowest BCUT2D eigenvalue weighted by Gasteiger charge is -2.04. The van der Waals surface area contributed by atoms with E-state index in [1.54, 1.807) is 0 Å². The van der Waals surface area contributed by atoms with Crippen LogP contribution in [0.1, 0.15) is 5.82 Å². The first kappa shape index (κ1) is 12.3. The van der Waals surface area contributed by atoms with Crippen LogP contribution >= 0.6 is 0 Å². The molecule has 1 aromatic heterocycles. The zero-order valence-electron chi connectivity index (χ0n) is 9.87. The highest BCUT2D eigenvalue weighted by Gasteiger charge is 2.18. The van der Waals surface area contributed by atoms with Crippen LogP contribution in [-0.4, -0.2) is 29.3 Å². The van der Waals surface area contributed by atoms with E-state index >= 15 is 0 Å². The van der Waals surface area contributed by atoms with Crippen molar-refractivity contribution in [3.63, 3.8) is 0 Å². The molecule has 0 saturated heterocycles. The van der Waals surface area contributed by atoms with Crippen LogP contribution in [0.2, 0.25) is 0 Å². The third-order valence-electron chi connectivity index (χ3n) is 2.40. The number of carbonyl (C=O) groups is 1. The minimum Gasteiger partial charge on any atom is -0.468 e. The number of nitrogens with two attached hydrogens (primary N) is 1. The molecule has 1 atom stereocenters. The van der Waals surface area contributed by atoms with E-state index in [0.717, 1.165) is 5.56 Å². The number of aromatic nitrogens is 2. The van der Waals surface area contributed by atoms with Crippen LogP contribution < -0.4 is 5.73 Å². The van der Waals surface area contributed by atoms with Crippen molar-refractivity contribution in [1.29, 1.82) is 0 Å². The summed E-state index contributed by atoms with van der Waals surface area (Å²) < 4.78 is 9.62. The minimum atomic E-state index is -0.781. The molecule has 0 saturated carbocycles. The van der Waals surface area contributed by atoms with E-state index in [2.05, 4.69) is 14.9 Å². The Bertz CT molecular complexity index is 524. The molecule has 6 heteroatoms. The van der Waals surface area contributed by atoms with Gasteiger partial charge in [0.05, 0.1) is 7.11 Å². The quantitative estimate of drug-likeness (QED) is 0.803. The fourth-order valence-corrected chi connectivity index (χ4v) is 1.47. The molecule has 0 spiro atoms. The number of hydrogen-bond acceptors (Lipinski definition) is 6. The number of benzene rings is 1. The number of rotatable bonds is 4. The van der Waals surface area contributed by atoms with Gasteiger partial charge in [0, 0.05) is 12.0 Å². The molecule has 2 rings (SSSR count). The summed E-state index contributed by atoms with van der Waals surface area (Å²) in [5, 5.41) is 3.78.